The first kappa shape index (κ1) is 12.2. The van der Waals surface area contributed by atoms with Crippen LogP contribution in [0.15, 0.2) is 12.2 Å². The van der Waals surface area contributed by atoms with Gasteiger partial charge in [0.05, 0.1) is 6.61 Å². The summed E-state index contributed by atoms with van der Waals surface area (Å²) < 4.78 is 4.91. The minimum Gasteiger partial charge on any atom is -0.463 e. The van der Waals surface area contributed by atoms with E-state index in [0.29, 0.717) is 18.7 Å². The van der Waals surface area contributed by atoms with Crippen LogP contribution in [0, 0.1) is 5.92 Å². The van der Waals surface area contributed by atoms with Crippen molar-refractivity contribution in [1.82, 2.24) is 4.90 Å². The van der Waals surface area contributed by atoms with Gasteiger partial charge in [-0.2, -0.15) is 0 Å². The van der Waals surface area contributed by atoms with Gasteiger partial charge in [-0.05, 0) is 32.2 Å². The van der Waals surface area contributed by atoms with Crippen LogP contribution in [-0.4, -0.2) is 37.1 Å². The zero-order valence-electron chi connectivity index (χ0n) is 9.79. The highest BCUT2D eigenvalue weighted by atomic mass is 16.5. The van der Waals surface area contributed by atoms with Crippen LogP contribution in [0.1, 0.15) is 26.7 Å². The van der Waals surface area contributed by atoms with Crippen molar-refractivity contribution >= 4 is 5.97 Å². The number of piperidine rings is 1. The van der Waals surface area contributed by atoms with Crippen LogP contribution >= 0.6 is 0 Å². The van der Waals surface area contributed by atoms with E-state index in [9.17, 15) is 4.79 Å². The monoisotopic (exact) mass is 211 g/mol. The summed E-state index contributed by atoms with van der Waals surface area (Å²) in [6.07, 6.45) is 2.51. The van der Waals surface area contributed by atoms with E-state index in [2.05, 4.69) is 18.4 Å². The second kappa shape index (κ2) is 5.91. The zero-order valence-corrected chi connectivity index (χ0v) is 9.79. The van der Waals surface area contributed by atoms with E-state index in [-0.39, 0.29) is 5.97 Å². The highest BCUT2D eigenvalue weighted by Gasteiger charge is 2.19. The number of ether oxygens (including phenoxy) is 1. The van der Waals surface area contributed by atoms with Crippen molar-refractivity contribution < 1.29 is 9.53 Å². The molecule has 1 unspecified atom stereocenters. The number of rotatable bonds is 4. The molecule has 1 aliphatic rings. The average molecular weight is 211 g/mol. The van der Waals surface area contributed by atoms with Crippen LogP contribution in [0.25, 0.3) is 0 Å². The van der Waals surface area contributed by atoms with Gasteiger partial charge in [0.1, 0.15) is 0 Å². The summed E-state index contributed by atoms with van der Waals surface area (Å²) in [6, 6.07) is 0. The second-order valence-electron chi connectivity index (χ2n) is 4.31. The highest BCUT2D eigenvalue weighted by Crippen LogP contribution is 2.16. The highest BCUT2D eigenvalue weighted by molar-refractivity contribution is 5.88. The van der Waals surface area contributed by atoms with Crippen molar-refractivity contribution in [1.29, 1.82) is 0 Å². The molecule has 0 aromatic rings. The van der Waals surface area contributed by atoms with Gasteiger partial charge in [0.25, 0.3) is 0 Å². The van der Waals surface area contributed by atoms with Gasteiger partial charge in [0.15, 0.2) is 0 Å². The predicted molar refractivity (Wildman–Crippen MR) is 60.6 cm³/mol. The molecular weight excluding hydrogens is 190 g/mol. The zero-order chi connectivity index (χ0) is 11.3. The summed E-state index contributed by atoms with van der Waals surface area (Å²) >= 11 is 0. The van der Waals surface area contributed by atoms with Gasteiger partial charge in [0.2, 0.25) is 0 Å². The van der Waals surface area contributed by atoms with Crippen LogP contribution in [0.3, 0.4) is 0 Å². The molecule has 0 bridgehead atoms. The number of carbonyl (C=O) groups is 1. The van der Waals surface area contributed by atoms with Crippen LogP contribution in [-0.2, 0) is 9.53 Å². The van der Waals surface area contributed by atoms with Gasteiger partial charge < -0.3 is 4.74 Å². The van der Waals surface area contributed by atoms with E-state index in [1.807, 2.05) is 6.92 Å². The first-order valence-corrected chi connectivity index (χ1v) is 5.70. The maximum atomic E-state index is 11.3. The molecule has 0 N–H and O–H groups in total. The summed E-state index contributed by atoms with van der Waals surface area (Å²) in [6.45, 7) is 11.1. The fourth-order valence-electron chi connectivity index (χ4n) is 2.00. The Balaban J connectivity index is 2.33. The predicted octanol–water partition coefficient (Wildman–Crippen LogP) is 1.84. The molecule has 3 nitrogen and oxygen atoms in total. The maximum Gasteiger partial charge on any atom is 0.334 e. The second-order valence-corrected chi connectivity index (χ2v) is 4.31. The Hall–Kier alpha value is -0.830. The van der Waals surface area contributed by atoms with Crippen molar-refractivity contribution in [3.8, 4) is 0 Å². The lowest BCUT2D eigenvalue weighted by molar-refractivity contribution is -0.138. The molecule has 1 saturated heterocycles. The Morgan fingerprint density at radius 3 is 2.93 bits per heavy atom. The number of nitrogens with zero attached hydrogens (tertiary/aromatic N) is 1. The summed E-state index contributed by atoms with van der Waals surface area (Å²) in [4.78, 5) is 13.6. The van der Waals surface area contributed by atoms with E-state index in [1.54, 1.807) is 0 Å². The Morgan fingerprint density at radius 1 is 1.60 bits per heavy atom. The van der Waals surface area contributed by atoms with E-state index < -0.39 is 0 Å². The lowest BCUT2D eigenvalue weighted by Gasteiger charge is -2.30. The molecule has 0 aromatic heterocycles. The van der Waals surface area contributed by atoms with Crippen LogP contribution in [0.4, 0.5) is 0 Å². The molecule has 15 heavy (non-hydrogen) atoms. The Morgan fingerprint density at radius 2 is 2.33 bits per heavy atom. The van der Waals surface area contributed by atoms with Crippen LogP contribution in [0.2, 0.25) is 0 Å². The van der Waals surface area contributed by atoms with E-state index >= 15 is 0 Å². The third kappa shape index (κ3) is 4.04. The number of hydrogen-bond donors (Lipinski definition) is 0. The van der Waals surface area contributed by atoms with Crippen molar-refractivity contribution in [3.63, 3.8) is 0 Å². The topological polar surface area (TPSA) is 29.5 Å². The maximum absolute atomic E-state index is 11.3. The van der Waals surface area contributed by atoms with E-state index in [0.717, 1.165) is 19.0 Å². The van der Waals surface area contributed by atoms with Gasteiger partial charge in [-0.3, -0.25) is 4.90 Å². The third-order valence-corrected chi connectivity index (χ3v) is 2.72. The van der Waals surface area contributed by atoms with Gasteiger partial charge in [-0.25, -0.2) is 4.79 Å². The molecule has 3 heteroatoms. The van der Waals surface area contributed by atoms with Crippen molar-refractivity contribution in [2.24, 2.45) is 5.92 Å². The van der Waals surface area contributed by atoms with Crippen LogP contribution < -0.4 is 0 Å². The number of carbonyl (C=O) groups excluding carboxylic acids is 1. The van der Waals surface area contributed by atoms with Gasteiger partial charge in [-0.15, -0.1) is 0 Å². The lowest BCUT2D eigenvalue weighted by atomic mass is 10.00. The normalized spacial score (nSPS) is 22.4. The number of likely N-dealkylation sites (tertiary alicyclic amines) is 1. The van der Waals surface area contributed by atoms with Gasteiger partial charge >= 0.3 is 5.97 Å². The molecular formula is C12H21NO2. The summed E-state index contributed by atoms with van der Waals surface area (Å²) in [5, 5.41) is 0. The minimum absolute atomic E-state index is 0.254. The molecule has 0 spiro atoms. The fraction of sp³-hybridized carbons (Fsp3) is 0.750. The molecule has 0 saturated carbocycles. The summed E-state index contributed by atoms with van der Waals surface area (Å²) in [5.74, 6) is 0.476. The summed E-state index contributed by atoms with van der Waals surface area (Å²) in [5.41, 5.74) is 0.575. The van der Waals surface area contributed by atoms with Crippen molar-refractivity contribution in [2.75, 3.05) is 26.2 Å². The number of esters is 1. The fourth-order valence-corrected chi connectivity index (χ4v) is 2.00. The molecule has 1 aliphatic heterocycles. The average Bonchev–Trinajstić information content (AvgIpc) is 2.18. The first-order chi connectivity index (χ1) is 7.13. The standard InChI is InChI=1S/C12H21NO2/c1-4-15-12(14)11(3)9-13-7-5-6-10(2)8-13/h10H,3-9H2,1-2H3. The molecule has 1 atom stereocenters. The van der Waals surface area contributed by atoms with Crippen LogP contribution in [0.5, 0.6) is 0 Å². The molecule has 0 aliphatic carbocycles. The lowest BCUT2D eigenvalue weighted by Crippen LogP contribution is -2.36. The molecule has 86 valence electrons. The van der Waals surface area contributed by atoms with E-state index in [4.69, 9.17) is 4.74 Å². The Labute approximate surface area is 92.1 Å². The van der Waals surface area contributed by atoms with Gasteiger partial charge in [0, 0.05) is 18.7 Å². The Bertz CT molecular complexity index is 238. The third-order valence-electron chi connectivity index (χ3n) is 2.72. The molecule has 1 heterocycles. The summed E-state index contributed by atoms with van der Waals surface area (Å²) in [7, 11) is 0. The molecule has 0 radical (unpaired) electrons. The van der Waals surface area contributed by atoms with Gasteiger partial charge in [-0.1, -0.05) is 13.5 Å². The van der Waals surface area contributed by atoms with Crippen molar-refractivity contribution in [3.05, 3.63) is 12.2 Å². The van der Waals surface area contributed by atoms with Crippen molar-refractivity contribution in [2.45, 2.75) is 26.7 Å². The Kier molecular flexibility index (Phi) is 4.82. The molecule has 1 fully saturated rings. The first-order valence-electron chi connectivity index (χ1n) is 5.70. The number of hydrogen-bond acceptors (Lipinski definition) is 3. The molecule has 0 aromatic carbocycles. The SMILES string of the molecule is C=C(CN1CCCC(C)C1)C(=O)OCC. The quantitative estimate of drug-likeness (QED) is 0.525. The molecule has 0 amide bonds. The molecule has 1 rings (SSSR count). The largest absolute Gasteiger partial charge is 0.463 e. The minimum atomic E-state index is -0.254. The smallest absolute Gasteiger partial charge is 0.334 e. The van der Waals surface area contributed by atoms with E-state index in [1.165, 1.54) is 12.8 Å².